The smallest absolute Gasteiger partial charge is 0.261 e. The van der Waals surface area contributed by atoms with Gasteiger partial charge in [0, 0.05) is 31.0 Å². The number of nitrogens with one attached hydrogen (secondary N) is 1. The lowest BCUT2D eigenvalue weighted by Gasteiger charge is -2.13. The van der Waals surface area contributed by atoms with Crippen molar-refractivity contribution in [2.24, 2.45) is 0 Å². The minimum atomic E-state index is -3.11. The van der Waals surface area contributed by atoms with Crippen molar-refractivity contribution in [3.63, 3.8) is 0 Å². The average molecular weight is 430 g/mol. The third kappa shape index (κ3) is 5.44. The molecule has 0 aromatic heterocycles. The molecule has 0 radical (unpaired) electrons. The van der Waals surface area contributed by atoms with Gasteiger partial charge in [0.1, 0.15) is 12.4 Å². The maximum atomic E-state index is 12.3. The zero-order valence-electron chi connectivity index (χ0n) is 16.5. The van der Waals surface area contributed by atoms with Crippen molar-refractivity contribution in [1.29, 1.82) is 0 Å². The third-order valence-electron chi connectivity index (χ3n) is 4.50. The van der Waals surface area contributed by atoms with Crippen molar-refractivity contribution in [3.05, 3.63) is 59.7 Å². The van der Waals surface area contributed by atoms with Crippen molar-refractivity contribution in [1.82, 2.24) is 4.90 Å². The van der Waals surface area contributed by atoms with Crippen LogP contribution in [-0.2, 0) is 14.6 Å². The quantitative estimate of drug-likeness (QED) is 0.610. The highest BCUT2D eigenvalue weighted by Crippen LogP contribution is 2.23. The first-order valence-corrected chi connectivity index (χ1v) is 11.5. The summed E-state index contributed by atoms with van der Waals surface area (Å²) in [6.45, 7) is 0.185. The first kappa shape index (κ1) is 21.5. The molecule has 0 bridgehead atoms. The van der Waals surface area contributed by atoms with Gasteiger partial charge < -0.3 is 10.1 Å². The van der Waals surface area contributed by atoms with E-state index >= 15 is 0 Å². The molecule has 9 heteroatoms. The lowest BCUT2D eigenvalue weighted by Crippen LogP contribution is -2.31. The SMILES string of the molecule is CS(=O)(=O)CCOc1cccc(NC(=O)CCCN2C(=O)c3ccccc3C2=O)c1. The van der Waals surface area contributed by atoms with Gasteiger partial charge in [-0.25, -0.2) is 8.42 Å². The topological polar surface area (TPSA) is 110 Å². The highest BCUT2D eigenvalue weighted by Gasteiger charge is 2.34. The van der Waals surface area contributed by atoms with E-state index in [4.69, 9.17) is 4.74 Å². The van der Waals surface area contributed by atoms with Crippen LogP contribution in [0.5, 0.6) is 5.75 Å². The molecule has 1 aliphatic rings. The van der Waals surface area contributed by atoms with E-state index in [2.05, 4.69) is 5.32 Å². The normalized spacial score (nSPS) is 13.3. The van der Waals surface area contributed by atoms with E-state index in [0.717, 1.165) is 11.2 Å². The van der Waals surface area contributed by atoms with Crippen LogP contribution < -0.4 is 10.1 Å². The fourth-order valence-corrected chi connectivity index (χ4v) is 3.42. The molecular formula is C21H22N2O6S. The summed E-state index contributed by atoms with van der Waals surface area (Å²) < 4.78 is 27.7. The van der Waals surface area contributed by atoms with E-state index in [1.165, 1.54) is 0 Å². The second-order valence-electron chi connectivity index (χ2n) is 6.97. The van der Waals surface area contributed by atoms with Crippen LogP contribution in [0.15, 0.2) is 48.5 Å². The number of amides is 3. The van der Waals surface area contributed by atoms with Gasteiger partial charge in [0.25, 0.3) is 11.8 Å². The summed E-state index contributed by atoms with van der Waals surface area (Å²) in [6, 6.07) is 13.3. The molecule has 3 amide bonds. The minimum Gasteiger partial charge on any atom is -0.492 e. The Labute approximate surface area is 174 Å². The van der Waals surface area contributed by atoms with E-state index < -0.39 is 9.84 Å². The largest absolute Gasteiger partial charge is 0.492 e. The Hall–Kier alpha value is -3.20. The van der Waals surface area contributed by atoms with Gasteiger partial charge in [-0.1, -0.05) is 18.2 Å². The van der Waals surface area contributed by atoms with Crippen LogP contribution in [0.1, 0.15) is 33.6 Å². The summed E-state index contributed by atoms with van der Waals surface area (Å²) in [5, 5.41) is 2.73. The number of fused-ring (bicyclic) bond motifs is 1. The van der Waals surface area contributed by atoms with Crippen LogP contribution in [0.2, 0.25) is 0 Å². The monoisotopic (exact) mass is 430 g/mol. The van der Waals surface area contributed by atoms with E-state index in [9.17, 15) is 22.8 Å². The number of ether oxygens (including phenoxy) is 1. The molecule has 30 heavy (non-hydrogen) atoms. The zero-order chi connectivity index (χ0) is 21.7. The minimum absolute atomic E-state index is 0.0243. The van der Waals surface area contributed by atoms with E-state index in [-0.39, 0.29) is 43.0 Å². The molecule has 2 aromatic carbocycles. The van der Waals surface area contributed by atoms with Crippen molar-refractivity contribution < 1.29 is 27.5 Å². The molecule has 0 saturated heterocycles. The van der Waals surface area contributed by atoms with E-state index in [1.807, 2.05) is 0 Å². The molecule has 0 fully saturated rings. The Balaban J connectivity index is 1.47. The summed E-state index contributed by atoms with van der Waals surface area (Å²) in [7, 11) is -3.11. The first-order chi connectivity index (χ1) is 14.2. The third-order valence-corrected chi connectivity index (χ3v) is 5.41. The summed E-state index contributed by atoms with van der Waals surface area (Å²) in [5.74, 6) is -0.589. The average Bonchev–Trinajstić information content (AvgIpc) is 2.92. The number of hydrogen-bond acceptors (Lipinski definition) is 6. The summed E-state index contributed by atoms with van der Waals surface area (Å²) in [5.41, 5.74) is 1.29. The number of benzene rings is 2. The maximum Gasteiger partial charge on any atom is 0.261 e. The Kier molecular flexibility index (Phi) is 6.51. The summed E-state index contributed by atoms with van der Waals surface area (Å²) in [4.78, 5) is 38.0. The summed E-state index contributed by atoms with van der Waals surface area (Å²) in [6.07, 6.45) is 1.60. The maximum absolute atomic E-state index is 12.3. The predicted octanol–water partition coefficient (Wildman–Crippen LogP) is 2.12. The molecule has 3 rings (SSSR count). The molecule has 1 N–H and O–H groups in total. The van der Waals surface area contributed by atoms with Gasteiger partial charge >= 0.3 is 0 Å². The Morgan fingerprint density at radius 3 is 2.33 bits per heavy atom. The van der Waals surface area contributed by atoms with Crippen LogP contribution in [0.3, 0.4) is 0 Å². The molecular weight excluding hydrogens is 408 g/mol. The zero-order valence-corrected chi connectivity index (χ0v) is 17.3. The van der Waals surface area contributed by atoms with Crippen molar-refractivity contribution in [2.75, 3.05) is 30.5 Å². The number of rotatable bonds is 9. The number of carbonyl (C=O) groups excluding carboxylic acids is 3. The molecule has 0 aliphatic carbocycles. The fraction of sp³-hybridized carbons (Fsp3) is 0.286. The highest BCUT2D eigenvalue weighted by molar-refractivity contribution is 7.90. The van der Waals surface area contributed by atoms with Gasteiger partial charge in [-0.3, -0.25) is 19.3 Å². The number of hydrogen-bond donors (Lipinski definition) is 1. The lowest BCUT2D eigenvalue weighted by molar-refractivity contribution is -0.116. The summed E-state index contributed by atoms with van der Waals surface area (Å²) >= 11 is 0. The van der Waals surface area contributed by atoms with Crippen LogP contribution in [0.25, 0.3) is 0 Å². The van der Waals surface area contributed by atoms with Crippen LogP contribution in [0, 0.1) is 0 Å². The lowest BCUT2D eigenvalue weighted by atomic mass is 10.1. The van der Waals surface area contributed by atoms with Gasteiger partial charge in [-0.05, 0) is 30.7 Å². The Morgan fingerprint density at radius 1 is 1.03 bits per heavy atom. The number of imide groups is 1. The predicted molar refractivity (Wildman–Crippen MR) is 111 cm³/mol. The molecule has 0 atom stereocenters. The number of nitrogens with zero attached hydrogens (tertiary/aromatic N) is 1. The number of sulfone groups is 1. The van der Waals surface area contributed by atoms with E-state index in [0.29, 0.717) is 29.0 Å². The van der Waals surface area contributed by atoms with Gasteiger partial charge in [-0.2, -0.15) is 0 Å². The first-order valence-electron chi connectivity index (χ1n) is 9.40. The van der Waals surface area contributed by atoms with Crippen LogP contribution in [-0.4, -0.2) is 56.2 Å². The number of anilines is 1. The Bertz CT molecular complexity index is 1050. The second-order valence-corrected chi connectivity index (χ2v) is 9.23. The van der Waals surface area contributed by atoms with Crippen molar-refractivity contribution in [3.8, 4) is 5.75 Å². The fourth-order valence-electron chi connectivity index (χ4n) is 3.04. The highest BCUT2D eigenvalue weighted by atomic mass is 32.2. The van der Waals surface area contributed by atoms with Gasteiger partial charge in [0.15, 0.2) is 9.84 Å². The molecule has 1 heterocycles. The molecule has 158 valence electrons. The van der Waals surface area contributed by atoms with Gasteiger partial charge in [0.2, 0.25) is 5.91 Å². The molecule has 8 nitrogen and oxygen atoms in total. The van der Waals surface area contributed by atoms with Gasteiger partial charge in [0.05, 0.1) is 16.9 Å². The van der Waals surface area contributed by atoms with Crippen molar-refractivity contribution >= 4 is 33.2 Å². The molecule has 0 saturated carbocycles. The second kappa shape index (κ2) is 9.08. The van der Waals surface area contributed by atoms with Crippen LogP contribution in [0.4, 0.5) is 5.69 Å². The molecule has 1 aliphatic heterocycles. The van der Waals surface area contributed by atoms with Gasteiger partial charge in [-0.15, -0.1) is 0 Å². The molecule has 2 aromatic rings. The molecule has 0 spiro atoms. The molecule has 0 unspecified atom stereocenters. The van der Waals surface area contributed by atoms with E-state index in [1.54, 1.807) is 48.5 Å². The number of carbonyl (C=O) groups is 3. The van der Waals surface area contributed by atoms with Crippen molar-refractivity contribution in [2.45, 2.75) is 12.8 Å². The van der Waals surface area contributed by atoms with Crippen LogP contribution >= 0.6 is 0 Å². The standard InChI is InChI=1S/C21H22N2O6S/c1-30(27,28)13-12-29-16-7-4-6-15(14-16)22-19(24)10-5-11-23-20(25)17-8-2-3-9-18(17)21(23)26/h2-4,6-9,14H,5,10-13H2,1H3,(H,22,24). The Morgan fingerprint density at radius 2 is 1.70 bits per heavy atom.